The van der Waals surface area contributed by atoms with Gasteiger partial charge in [0, 0.05) is 0 Å². The van der Waals surface area contributed by atoms with Crippen LogP contribution in [0, 0.1) is 23.4 Å². The first kappa shape index (κ1) is 17.0. The van der Waals surface area contributed by atoms with Gasteiger partial charge in [-0.15, -0.1) is 0 Å². The summed E-state index contributed by atoms with van der Waals surface area (Å²) in [5, 5.41) is 0. The second-order valence-corrected chi connectivity index (χ2v) is 6.32. The van der Waals surface area contributed by atoms with Crippen LogP contribution >= 0.6 is 7.92 Å². The molecule has 0 aromatic heterocycles. The summed E-state index contributed by atoms with van der Waals surface area (Å²) < 4.78 is 10.2. The fraction of sp³-hybridized carbons (Fsp3) is 0.933. The molecule has 0 aliphatic heterocycles. The Morgan fingerprint density at radius 2 is 1.65 bits per heavy atom. The van der Waals surface area contributed by atoms with Crippen molar-refractivity contribution < 1.29 is 4.57 Å². The van der Waals surface area contributed by atoms with Gasteiger partial charge in [0.05, 0.1) is 0 Å². The Morgan fingerprint density at radius 3 is 2.18 bits per heavy atom. The van der Waals surface area contributed by atoms with Gasteiger partial charge in [-0.1, -0.05) is 0 Å². The Kier molecular flexibility index (Phi) is 11.1. The predicted molar refractivity (Wildman–Crippen MR) is 77.0 cm³/mol. The van der Waals surface area contributed by atoms with Crippen molar-refractivity contribution in [1.82, 2.24) is 0 Å². The normalized spacial score (nSPS) is 12.8. The van der Waals surface area contributed by atoms with Gasteiger partial charge in [0.15, 0.2) is 0 Å². The van der Waals surface area contributed by atoms with Crippen molar-refractivity contribution in [2.45, 2.75) is 72.6 Å². The minimum atomic E-state index is 0.0701. The molecular weight excluding hydrogens is 227 g/mol. The van der Waals surface area contributed by atoms with Crippen molar-refractivity contribution in [1.29, 1.82) is 0 Å². The third kappa shape index (κ3) is 10.9. The van der Waals surface area contributed by atoms with Crippen molar-refractivity contribution in [2.24, 2.45) is 17.8 Å². The third-order valence-corrected chi connectivity index (χ3v) is 3.84. The van der Waals surface area contributed by atoms with E-state index < -0.39 is 0 Å². The monoisotopic (exact) mass is 256 g/mol. The third-order valence-electron chi connectivity index (χ3n) is 3.49. The molecule has 0 saturated carbocycles. The molecule has 0 fully saturated rings. The van der Waals surface area contributed by atoms with Crippen molar-refractivity contribution in [3.8, 4) is 5.63 Å². The van der Waals surface area contributed by atoms with Crippen molar-refractivity contribution in [3.05, 3.63) is 0 Å². The van der Waals surface area contributed by atoms with E-state index in [1.807, 2.05) is 0 Å². The predicted octanol–water partition coefficient (Wildman–Crippen LogP) is 5.90. The van der Waals surface area contributed by atoms with E-state index in [1.165, 1.54) is 32.1 Å². The van der Waals surface area contributed by atoms with Gasteiger partial charge in [0.2, 0.25) is 0 Å². The van der Waals surface area contributed by atoms with Crippen LogP contribution in [0.5, 0.6) is 0 Å². The van der Waals surface area contributed by atoms with Gasteiger partial charge >= 0.3 is 109 Å². The summed E-state index contributed by atoms with van der Waals surface area (Å²) in [6, 6.07) is 0. The number of hydrogen-bond acceptors (Lipinski definition) is 1. The fourth-order valence-electron chi connectivity index (χ4n) is 2.19. The zero-order chi connectivity index (χ0) is 13.1. The molecule has 0 saturated heterocycles. The number of unbranched alkanes of at least 4 members (excludes halogenated alkanes) is 3. The first-order valence-electron chi connectivity index (χ1n) is 7.13. The molecule has 0 rings (SSSR count). The first-order valence-corrected chi connectivity index (χ1v) is 7.94. The Hall–Kier alpha value is 0.01000. The van der Waals surface area contributed by atoms with E-state index in [0.29, 0.717) is 0 Å². The molecule has 1 unspecified atom stereocenters. The molecule has 0 bridgehead atoms. The molecule has 0 aliphatic rings. The van der Waals surface area contributed by atoms with E-state index in [9.17, 15) is 4.57 Å². The Bertz CT molecular complexity index is 264. The van der Waals surface area contributed by atoms with E-state index >= 15 is 0 Å². The molecule has 0 radical (unpaired) electrons. The quantitative estimate of drug-likeness (QED) is 0.371. The van der Waals surface area contributed by atoms with Gasteiger partial charge < -0.3 is 0 Å². The Labute approximate surface area is 109 Å². The molecular formula is C15H29OP. The summed E-state index contributed by atoms with van der Waals surface area (Å²) in [5.74, 6) is 2.53. The molecule has 1 nitrogen and oxygen atoms in total. The van der Waals surface area contributed by atoms with Crippen molar-refractivity contribution >= 4 is 7.92 Å². The topological polar surface area (TPSA) is 17.1 Å². The summed E-state index contributed by atoms with van der Waals surface area (Å²) in [7, 11) is 0.0701. The van der Waals surface area contributed by atoms with E-state index in [-0.39, 0.29) is 7.92 Å². The maximum absolute atomic E-state index is 10.2. The first-order chi connectivity index (χ1) is 8.07. The molecule has 0 N–H and O–H groups in total. The number of hydrogen-bond donors (Lipinski definition) is 0. The van der Waals surface area contributed by atoms with Crippen LogP contribution in [0.1, 0.15) is 72.6 Å². The fourth-order valence-corrected chi connectivity index (χ4v) is 2.44. The number of rotatable bonds is 9. The van der Waals surface area contributed by atoms with Gasteiger partial charge in [-0.3, -0.25) is 0 Å². The molecule has 1 atom stereocenters. The van der Waals surface area contributed by atoms with Gasteiger partial charge in [-0.25, -0.2) is 0 Å². The van der Waals surface area contributed by atoms with Crippen LogP contribution in [0.25, 0.3) is 0 Å². The standard InChI is InChI=1S/C15H29OP/c1-13(2)10-11-15(14(3)4)9-7-5-6-8-12-17-16/h13-15H,5-11H2,1-4H3. The zero-order valence-electron chi connectivity index (χ0n) is 12.0. The molecule has 17 heavy (non-hydrogen) atoms. The summed E-state index contributed by atoms with van der Waals surface area (Å²) in [6.45, 7) is 9.32. The van der Waals surface area contributed by atoms with Gasteiger partial charge in [-0.05, 0) is 0 Å². The van der Waals surface area contributed by atoms with Crippen LogP contribution in [0.15, 0.2) is 0 Å². The Morgan fingerprint density at radius 1 is 0.941 bits per heavy atom. The molecule has 0 aromatic carbocycles. The molecule has 2 heteroatoms. The maximum atomic E-state index is 10.2. The van der Waals surface area contributed by atoms with Crippen LogP contribution in [-0.4, -0.2) is 0 Å². The molecule has 0 aliphatic carbocycles. The van der Waals surface area contributed by atoms with E-state index in [2.05, 4.69) is 33.3 Å². The zero-order valence-corrected chi connectivity index (χ0v) is 12.9. The second-order valence-electron chi connectivity index (χ2n) is 5.82. The van der Waals surface area contributed by atoms with E-state index in [0.717, 1.165) is 30.6 Å². The van der Waals surface area contributed by atoms with Crippen LogP contribution in [0.3, 0.4) is 0 Å². The van der Waals surface area contributed by atoms with Crippen molar-refractivity contribution in [3.63, 3.8) is 0 Å². The van der Waals surface area contributed by atoms with Crippen LogP contribution in [0.2, 0.25) is 0 Å². The van der Waals surface area contributed by atoms with Gasteiger partial charge in [-0.2, -0.15) is 0 Å². The minimum absolute atomic E-state index is 0.0701. The molecule has 0 spiro atoms. The van der Waals surface area contributed by atoms with Crippen LogP contribution in [0.4, 0.5) is 0 Å². The molecule has 100 valence electrons. The van der Waals surface area contributed by atoms with Crippen molar-refractivity contribution in [2.75, 3.05) is 0 Å². The average Bonchev–Trinajstić information content (AvgIpc) is 2.26. The summed E-state index contributed by atoms with van der Waals surface area (Å²) in [6.07, 6.45) is 8.70. The Balaban J connectivity index is 3.68. The molecule has 0 aromatic rings. The molecule has 0 heterocycles. The van der Waals surface area contributed by atoms with E-state index in [1.54, 1.807) is 0 Å². The van der Waals surface area contributed by atoms with Crippen LogP contribution < -0.4 is 0 Å². The van der Waals surface area contributed by atoms with E-state index in [4.69, 9.17) is 0 Å². The summed E-state index contributed by atoms with van der Waals surface area (Å²) >= 11 is 0. The average molecular weight is 256 g/mol. The second kappa shape index (κ2) is 11.1. The molecule has 0 amide bonds. The SMILES string of the molecule is CC(C)CCC(CCCCCC#P=O)C(C)C. The van der Waals surface area contributed by atoms with Gasteiger partial charge in [0.1, 0.15) is 0 Å². The summed E-state index contributed by atoms with van der Waals surface area (Å²) in [5.41, 5.74) is 2.82. The summed E-state index contributed by atoms with van der Waals surface area (Å²) in [4.78, 5) is 0. The van der Waals surface area contributed by atoms with Gasteiger partial charge in [0.25, 0.3) is 0 Å². The van der Waals surface area contributed by atoms with Crippen LogP contribution in [-0.2, 0) is 4.57 Å².